The molecule has 102 valence electrons. The highest BCUT2D eigenvalue weighted by Gasteiger charge is 2.20. The number of anilines is 1. The summed E-state index contributed by atoms with van der Waals surface area (Å²) < 4.78 is 0. The molecule has 0 spiro atoms. The lowest BCUT2D eigenvalue weighted by Gasteiger charge is -2.31. The van der Waals surface area contributed by atoms with Gasteiger partial charge in [-0.2, -0.15) is 5.26 Å². The molecule has 1 aliphatic rings. The predicted molar refractivity (Wildman–Crippen MR) is 78.9 cm³/mol. The Bertz CT molecular complexity index is 695. The topological polar surface area (TPSA) is 60.2 Å². The normalized spacial score (nSPS) is 19.1. The molecule has 3 rings (SSSR count). The van der Waals surface area contributed by atoms with Gasteiger partial charge in [-0.05, 0) is 37.1 Å². The van der Waals surface area contributed by atoms with E-state index >= 15 is 0 Å². The number of pyridine rings is 1. The molecule has 0 amide bonds. The van der Waals surface area contributed by atoms with Gasteiger partial charge >= 0.3 is 0 Å². The molecule has 0 radical (unpaired) electrons. The van der Waals surface area contributed by atoms with E-state index in [2.05, 4.69) is 11.1 Å². The van der Waals surface area contributed by atoms with Crippen molar-refractivity contribution in [1.29, 1.82) is 5.26 Å². The van der Waals surface area contributed by atoms with E-state index in [0.29, 0.717) is 17.1 Å². The Kier molecular flexibility index (Phi) is 3.47. The van der Waals surface area contributed by atoms with Crippen LogP contribution in [0.2, 0.25) is 5.02 Å². The summed E-state index contributed by atoms with van der Waals surface area (Å²) in [5.41, 5.74) is 1.32. The molecule has 1 saturated heterocycles. The van der Waals surface area contributed by atoms with Gasteiger partial charge in [-0.3, -0.25) is 0 Å². The molecule has 1 aliphatic heterocycles. The van der Waals surface area contributed by atoms with Crippen LogP contribution >= 0.6 is 11.6 Å². The van der Waals surface area contributed by atoms with E-state index in [-0.39, 0.29) is 6.10 Å². The number of rotatable bonds is 1. The number of aromatic nitrogens is 1. The summed E-state index contributed by atoms with van der Waals surface area (Å²) in [7, 11) is 0. The van der Waals surface area contributed by atoms with Gasteiger partial charge in [0.05, 0.1) is 23.3 Å². The maximum atomic E-state index is 9.77. The van der Waals surface area contributed by atoms with E-state index in [1.807, 2.05) is 11.0 Å². The summed E-state index contributed by atoms with van der Waals surface area (Å²) in [4.78, 5) is 6.62. The smallest absolute Gasteiger partial charge is 0.130 e. The first-order valence-corrected chi connectivity index (χ1v) is 6.98. The van der Waals surface area contributed by atoms with Crippen molar-refractivity contribution in [2.45, 2.75) is 18.9 Å². The monoisotopic (exact) mass is 287 g/mol. The van der Waals surface area contributed by atoms with Gasteiger partial charge in [0.25, 0.3) is 0 Å². The van der Waals surface area contributed by atoms with Crippen LogP contribution in [0, 0.1) is 11.3 Å². The number of nitriles is 1. The number of aliphatic hydroxyl groups excluding tert-OH is 1. The lowest BCUT2D eigenvalue weighted by molar-refractivity contribution is 0.154. The highest BCUT2D eigenvalue weighted by Crippen LogP contribution is 2.26. The van der Waals surface area contributed by atoms with Crippen molar-refractivity contribution in [2.75, 3.05) is 18.0 Å². The van der Waals surface area contributed by atoms with E-state index in [1.54, 1.807) is 18.2 Å². The summed E-state index contributed by atoms with van der Waals surface area (Å²) >= 11 is 5.97. The van der Waals surface area contributed by atoms with E-state index < -0.39 is 0 Å². The summed E-state index contributed by atoms with van der Waals surface area (Å²) in [6.07, 6.45) is 1.44. The lowest BCUT2D eigenvalue weighted by Crippen LogP contribution is -2.38. The molecule has 0 bridgehead atoms. The van der Waals surface area contributed by atoms with Gasteiger partial charge in [0.1, 0.15) is 5.82 Å². The number of halogens is 1. The predicted octanol–water partition coefficient (Wildman–Crippen LogP) is 2.72. The molecule has 0 aliphatic carbocycles. The third kappa shape index (κ3) is 2.43. The largest absolute Gasteiger partial charge is 0.391 e. The van der Waals surface area contributed by atoms with Gasteiger partial charge in [0.2, 0.25) is 0 Å². The van der Waals surface area contributed by atoms with Crippen molar-refractivity contribution in [1.82, 2.24) is 4.98 Å². The van der Waals surface area contributed by atoms with Crippen LogP contribution in [0.3, 0.4) is 0 Å². The average molecular weight is 288 g/mol. The summed E-state index contributed by atoms with van der Waals surface area (Å²) in [6, 6.07) is 9.33. The van der Waals surface area contributed by atoms with Gasteiger partial charge in [-0.25, -0.2) is 4.98 Å². The number of hydrogen-bond acceptors (Lipinski definition) is 4. The first kappa shape index (κ1) is 13.2. The van der Waals surface area contributed by atoms with Crippen LogP contribution in [0.4, 0.5) is 5.82 Å². The van der Waals surface area contributed by atoms with Gasteiger partial charge in [0.15, 0.2) is 0 Å². The quantitative estimate of drug-likeness (QED) is 0.876. The Hall–Kier alpha value is -1.83. The number of benzene rings is 1. The second kappa shape index (κ2) is 5.28. The van der Waals surface area contributed by atoms with Crippen LogP contribution in [0.5, 0.6) is 0 Å². The van der Waals surface area contributed by atoms with Gasteiger partial charge < -0.3 is 10.0 Å². The SMILES string of the molecule is N#Cc1cc(N2CCC[C@H](O)C2)nc2ccc(Cl)cc12. The molecular formula is C15H14ClN3O. The third-order valence-corrected chi connectivity index (χ3v) is 3.83. The van der Waals surface area contributed by atoms with Crippen LogP contribution < -0.4 is 4.90 Å². The second-order valence-electron chi connectivity index (χ2n) is 5.04. The molecule has 1 aromatic carbocycles. The third-order valence-electron chi connectivity index (χ3n) is 3.60. The van der Waals surface area contributed by atoms with E-state index in [4.69, 9.17) is 11.6 Å². The minimum absolute atomic E-state index is 0.322. The minimum Gasteiger partial charge on any atom is -0.391 e. The summed E-state index contributed by atoms with van der Waals surface area (Å²) in [5, 5.41) is 20.4. The van der Waals surface area contributed by atoms with Crippen molar-refractivity contribution >= 4 is 28.3 Å². The Balaban J connectivity index is 2.09. The van der Waals surface area contributed by atoms with Crippen LogP contribution in [0.1, 0.15) is 18.4 Å². The molecule has 0 unspecified atom stereocenters. The van der Waals surface area contributed by atoms with Crippen molar-refractivity contribution in [3.05, 3.63) is 34.9 Å². The molecule has 5 heteroatoms. The zero-order valence-electron chi connectivity index (χ0n) is 10.9. The number of hydrogen-bond donors (Lipinski definition) is 1. The lowest BCUT2D eigenvalue weighted by atomic mass is 10.1. The molecule has 1 aromatic heterocycles. The van der Waals surface area contributed by atoms with Crippen molar-refractivity contribution in [3.63, 3.8) is 0 Å². The maximum Gasteiger partial charge on any atom is 0.130 e. The fourth-order valence-electron chi connectivity index (χ4n) is 2.60. The molecule has 1 N–H and O–H groups in total. The highest BCUT2D eigenvalue weighted by molar-refractivity contribution is 6.31. The molecule has 0 saturated carbocycles. The van der Waals surface area contributed by atoms with E-state index in [0.717, 1.165) is 36.1 Å². The van der Waals surface area contributed by atoms with Gasteiger partial charge in [0, 0.05) is 23.5 Å². The van der Waals surface area contributed by atoms with E-state index in [1.165, 1.54) is 0 Å². The number of fused-ring (bicyclic) bond motifs is 1. The van der Waals surface area contributed by atoms with Crippen molar-refractivity contribution in [3.8, 4) is 6.07 Å². The second-order valence-corrected chi connectivity index (χ2v) is 5.48. The first-order chi connectivity index (χ1) is 9.67. The molecule has 4 nitrogen and oxygen atoms in total. The molecule has 1 atom stereocenters. The van der Waals surface area contributed by atoms with Crippen LogP contribution in [0.25, 0.3) is 10.9 Å². The fourth-order valence-corrected chi connectivity index (χ4v) is 2.77. The maximum absolute atomic E-state index is 9.77. The highest BCUT2D eigenvalue weighted by atomic mass is 35.5. The number of aliphatic hydroxyl groups is 1. The molecule has 1 fully saturated rings. The Morgan fingerprint density at radius 3 is 3.00 bits per heavy atom. The molecular weight excluding hydrogens is 274 g/mol. The zero-order chi connectivity index (χ0) is 14.1. The fraction of sp³-hybridized carbons (Fsp3) is 0.333. The Labute approximate surface area is 122 Å². The van der Waals surface area contributed by atoms with Crippen molar-refractivity contribution < 1.29 is 5.11 Å². The minimum atomic E-state index is -0.322. The number of piperidine rings is 1. The number of nitrogens with zero attached hydrogens (tertiary/aromatic N) is 3. The summed E-state index contributed by atoms with van der Waals surface area (Å²) in [5.74, 6) is 0.745. The van der Waals surface area contributed by atoms with Gasteiger partial charge in [-0.1, -0.05) is 11.6 Å². The average Bonchev–Trinajstić information content (AvgIpc) is 2.46. The van der Waals surface area contributed by atoms with Crippen LogP contribution in [0.15, 0.2) is 24.3 Å². The molecule has 2 aromatic rings. The van der Waals surface area contributed by atoms with Crippen molar-refractivity contribution in [2.24, 2.45) is 0 Å². The Morgan fingerprint density at radius 2 is 2.25 bits per heavy atom. The summed E-state index contributed by atoms with van der Waals surface area (Å²) in [6.45, 7) is 1.42. The zero-order valence-corrected chi connectivity index (χ0v) is 11.6. The molecule has 20 heavy (non-hydrogen) atoms. The van der Waals surface area contributed by atoms with Crippen LogP contribution in [-0.2, 0) is 0 Å². The Morgan fingerprint density at radius 1 is 1.40 bits per heavy atom. The van der Waals surface area contributed by atoms with Gasteiger partial charge in [-0.15, -0.1) is 0 Å². The first-order valence-electron chi connectivity index (χ1n) is 6.61. The standard InChI is InChI=1S/C15H14ClN3O/c16-11-3-4-14-13(7-11)10(8-17)6-15(18-14)19-5-1-2-12(20)9-19/h3-4,6-7,12,20H,1-2,5,9H2/t12-/m0/s1. The molecule has 2 heterocycles. The van der Waals surface area contributed by atoms with E-state index in [9.17, 15) is 10.4 Å². The number of β-amino-alcohol motifs (C(OH)–C–C–N with tert-alkyl or cyclic N) is 1. The van der Waals surface area contributed by atoms with Crippen LogP contribution in [-0.4, -0.2) is 29.3 Å².